The fraction of sp³-hybridized carbons (Fsp3) is 0.167. The number of sulfonamides is 1. The molecule has 1 aromatic heterocycles. The zero-order valence-corrected chi connectivity index (χ0v) is 12.8. The van der Waals surface area contributed by atoms with Gasteiger partial charge in [0, 0.05) is 0 Å². The fourth-order valence-electron chi connectivity index (χ4n) is 1.68. The molecule has 3 N–H and O–H groups in total. The van der Waals surface area contributed by atoms with Crippen LogP contribution in [0.2, 0.25) is 0 Å². The van der Waals surface area contributed by atoms with Crippen molar-refractivity contribution in [3.05, 3.63) is 40.8 Å². The average molecular weight is 329 g/mol. The first kappa shape index (κ1) is 15.5. The van der Waals surface area contributed by atoms with Gasteiger partial charge in [-0.25, -0.2) is 22.9 Å². The number of thiazole rings is 1. The van der Waals surface area contributed by atoms with E-state index in [0.29, 0.717) is 0 Å². The highest BCUT2D eigenvalue weighted by Crippen LogP contribution is 2.26. The second-order valence-electron chi connectivity index (χ2n) is 4.37. The Balaban J connectivity index is 2.30. The molecule has 0 radical (unpaired) electrons. The number of anilines is 1. The van der Waals surface area contributed by atoms with Crippen LogP contribution in [-0.2, 0) is 10.0 Å². The van der Waals surface area contributed by atoms with Crippen molar-refractivity contribution in [3.63, 3.8) is 0 Å². The lowest BCUT2D eigenvalue weighted by molar-refractivity contribution is 0.102. The molecule has 2 rings (SSSR count). The van der Waals surface area contributed by atoms with E-state index in [2.05, 4.69) is 10.3 Å². The smallest absolute Gasteiger partial charge is 0.260 e. The molecule has 21 heavy (non-hydrogen) atoms. The second-order valence-corrected chi connectivity index (χ2v) is 7.13. The number of hydrogen-bond acceptors (Lipinski definition) is 5. The minimum absolute atomic E-state index is 0.0439. The standard InChI is InChI=1S/C12H12FN3O3S2/c1-6-3-4-9(13)8(5-6)10(17)16-12-15-7(2)11(20-12)21(14,18)19/h3-5H,1-2H3,(H2,14,18,19)(H,15,16,17). The van der Waals surface area contributed by atoms with E-state index in [1.807, 2.05) is 0 Å². The predicted octanol–water partition coefficient (Wildman–Crippen LogP) is 1.80. The van der Waals surface area contributed by atoms with Crippen molar-refractivity contribution in [1.29, 1.82) is 0 Å². The summed E-state index contributed by atoms with van der Waals surface area (Å²) in [4.78, 5) is 15.9. The van der Waals surface area contributed by atoms with Gasteiger partial charge in [0.25, 0.3) is 5.91 Å². The van der Waals surface area contributed by atoms with E-state index in [0.717, 1.165) is 16.9 Å². The van der Waals surface area contributed by atoms with Crippen molar-refractivity contribution < 1.29 is 17.6 Å². The van der Waals surface area contributed by atoms with Crippen LogP contribution in [0.3, 0.4) is 0 Å². The first-order valence-electron chi connectivity index (χ1n) is 5.76. The average Bonchev–Trinajstić information content (AvgIpc) is 2.73. The zero-order valence-electron chi connectivity index (χ0n) is 11.2. The molecule has 2 aromatic rings. The summed E-state index contributed by atoms with van der Waals surface area (Å²) in [7, 11) is -3.90. The first-order valence-corrected chi connectivity index (χ1v) is 8.12. The van der Waals surface area contributed by atoms with Gasteiger partial charge in [-0.15, -0.1) is 0 Å². The van der Waals surface area contributed by atoms with Crippen LogP contribution in [-0.4, -0.2) is 19.3 Å². The van der Waals surface area contributed by atoms with Crippen LogP contribution in [0.25, 0.3) is 0 Å². The maximum Gasteiger partial charge on any atom is 0.260 e. The van der Waals surface area contributed by atoms with Gasteiger partial charge in [-0.05, 0) is 26.0 Å². The van der Waals surface area contributed by atoms with Crippen molar-refractivity contribution in [1.82, 2.24) is 4.98 Å². The fourth-order valence-corrected chi connectivity index (χ4v) is 3.53. The molecule has 0 atom stereocenters. The van der Waals surface area contributed by atoms with Crippen LogP contribution >= 0.6 is 11.3 Å². The summed E-state index contributed by atoms with van der Waals surface area (Å²) in [5, 5.41) is 7.44. The molecule has 1 aromatic carbocycles. The van der Waals surface area contributed by atoms with Gasteiger partial charge in [0.15, 0.2) is 9.34 Å². The third kappa shape index (κ3) is 3.43. The molecule has 0 bridgehead atoms. The van der Waals surface area contributed by atoms with E-state index in [-0.39, 0.29) is 20.6 Å². The lowest BCUT2D eigenvalue weighted by Crippen LogP contribution is -2.13. The van der Waals surface area contributed by atoms with Crippen molar-refractivity contribution >= 4 is 32.4 Å². The summed E-state index contributed by atoms with van der Waals surface area (Å²) >= 11 is 0.721. The molecule has 0 aliphatic carbocycles. The topological polar surface area (TPSA) is 102 Å². The minimum atomic E-state index is -3.90. The summed E-state index contributed by atoms with van der Waals surface area (Å²) < 4.78 is 36.1. The number of aromatic nitrogens is 1. The van der Waals surface area contributed by atoms with Gasteiger partial charge in [0.2, 0.25) is 10.0 Å². The monoisotopic (exact) mass is 329 g/mol. The van der Waals surface area contributed by atoms with Crippen LogP contribution in [0.5, 0.6) is 0 Å². The van der Waals surface area contributed by atoms with Crippen LogP contribution in [0.1, 0.15) is 21.6 Å². The van der Waals surface area contributed by atoms with E-state index >= 15 is 0 Å². The van der Waals surface area contributed by atoms with Gasteiger partial charge in [0.1, 0.15) is 5.82 Å². The van der Waals surface area contributed by atoms with Crippen molar-refractivity contribution in [2.24, 2.45) is 5.14 Å². The summed E-state index contributed by atoms with van der Waals surface area (Å²) in [6.45, 7) is 3.18. The Morgan fingerprint density at radius 2 is 2.05 bits per heavy atom. The Kier molecular flexibility index (Phi) is 4.08. The number of nitrogens with zero attached hydrogens (tertiary/aromatic N) is 1. The number of nitrogens with two attached hydrogens (primary N) is 1. The molecule has 112 valence electrons. The summed E-state index contributed by atoms with van der Waals surface area (Å²) in [5.74, 6) is -1.37. The van der Waals surface area contributed by atoms with E-state index in [1.54, 1.807) is 13.0 Å². The largest absolute Gasteiger partial charge is 0.298 e. The number of primary sulfonamides is 1. The Morgan fingerprint density at radius 3 is 2.62 bits per heavy atom. The summed E-state index contributed by atoms with van der Waals surface area (Å²) in [5.41, 5.74) is 0.768. The molecule has 6 nitrogen and oxygen atoms in total. The number of amides is 1. The van der Waals surface area contributed by atoms with Gasteiger partial charge < -0.3 is 0 Å². The van der Waals surface area contributed by atoms with E-state index in [1.165, 1.54) is 19.1 Å². The molecule has 0 aliphatic heterocycles. The molecule has 0 aliphatic rings. The lowest BCUT2D eigenvalue weighted by atomic mass is 10.1. The highest BCUT2D eigenvalue weighted by molar-refractivity contribution is 7.91. The molecule has 1 heterocycles. The van der Waals surface area contributed by atoms with Crippen molar-refractivity contribution in [2.45, 2.75) is 18.1 Å². The maximum absolute atomic E-state index is 13.6. The highest BCUT2D eigenvalue weighted by atomic mass is 32.2. The van der Waals surface area contributed by atoms with Gasteiger partial charge in [0.05, 0.1) is 11.3 Å². The van der Waals surface area contributed by atoms with Crippen molar-refractivity contribution in [2.75, 3.05) is 5.32 Å². The number of hydrogen-bond donors (Lipinski definition) is 2. The quantitative estimate of drug-likeness (QED) is 0.896. The number of rotatable bonds is 3. The number of halogens is 1. The molecule has 1 amide bonds. The number of carbonyl (C=O) groups excluding carboxylic acids is 1. The van der Waals surface area contributed by atoms with Crippen LogP contribution in [0.4, 0.5) is 9.52 Å². The van der Waals surface area contributed by atoms with Crippen LogP contribution < -0.4 is 10.5 Å². The number of nitrogens with one attached hydrogen (secondary N) is 1. The van der Waals surface area contributed by atoms with Gasteiger partial charge in [-0.3, -0.25) is 10.1 Å². The molecule has 0 unspecified atom stereocenters. The maximum atomic E-state index is 13.6. The third-order valence-electron chi connectivity index (χ3n) is 2.60. The zero-order chi connectivity index (χ0) is 15.8. The molecule has 0 spiro atoms. The molecule has 0 saturated carbocycles. The SMILES string of the molecule is Cc1ccc(F)c(C(=O)Nc2nc(C)c(S(N)(=O)=O)s2)c1. The first-order chi connectivity index (χ1) is 9.68. The lowest BCUT2D eigenvalue weighted by Gasteiger charge is -2.04. The number of aryl methyl sites for hydroxylation is 2. The normalized spacial score (nSPS) is 11.4. The minimum Gasteiger partial charge on any atom is -0.298 e. The summed E-state index contributed by atoms with van der Waals surface area (Å²) in [6.07, 6.45) is 0. The van der Waals surface area contributed by atoms with E-state index in [9.17, 15) is 17.6 Å². The molecule has 0 saturated heterocycles. The van der Waals surface area contributed by atoms with E-state index in [4.69, 9.17) is 5.14 Å². The highest BCUT2D eigenvalue weighted by Gasteiger charge is 2.20. The Labute approximate surface area is 124 Å². The predicted molar refractivity (Wildman–Crippen MR) is 77.3 cm³/mol. The Hall–Kier alpha value is -1.84. The number of carbonyl (C=O) groups is 1. The molecule has 0 fully saturated rings. The van der Waals surface area contributed by atoms with Crippen molar-refractivity contribution in [3.8, 4) is 0 Å². The van der Waals surface area contributed by atoms with Crippen LogP contribution in [0, 0.1) is 19.7 Å². The van der Waals surface area contributed by atoms with Gasteiger partial charge in [-0.2, -0.15) is 0 Å². The Morgan fingerprint density at radius 1 is 1.38 bits per heavy atom. The molecular formula is C12H12FN3O3S2. The van der Waals surface area contributed by atoms with Crippen LogP contribution in [0.15, 0.2) is 22.4 Å². The third-order valence-corrected chi connectivity index (χ3v) is 5.23. The van der Waals surface area contributed by atoms with Gasteiger partial charge in [-0.1, -0.05) is 23.0 Å². The molecular weight excluding hydrogens is 317 g/mol. The summed E-state index contributed by atoms with van der Waals surface area (Å²) in [6, 6.07) is 4.12. The van der Waals surface area contributed by atoms with E-state index < -0.39 is 21.7 Å². The second kappa shape index (κ2) is 5.51. The molecule has 9 heteroatoms. The van der Waals surface area contributed by atoms with Gasteiger partial charge >= 0.3 is 0 Å². The number of benzene rings is 1. The Bertz CT molecular complexity index is 815.